The van der Waals surface area contributed by atoms with Gasteiger partial charge in [0.15, 0.2) is 11.9 Å². The zero-order valence-corrected chi connectivity index (χ0v) is 19.1. The van der Waals surface area contributed by atoms with Crippen molar-refractivity contribution in [2.45, 2.75) is 37.6 Å². The molecule has 3 rings (SSSR count). The Hall–Kier alpha value is -3.83. The van der Waals surface area contributed by atoms with Crippen LogP contribution in [-0.2, 0) is 24.1 Å². The van der Waals surface area contributed by atoms with Crippen LogP contribution in [0.25, 0.3) is 11.4 Å². The normalized spacial score (nSPS) is 13.6. The van der Waals surface area contributed by atoms with Gasteiger partial charge in [0.2, 0.25) is 5.91 Å². The number of hydrogen-bond donors (Lipinski definition) is 2. The molecule has 0 aliphatic heterocycles. The molecular weight excluding hydrogens is 532 g/mol. The van der Waals surface area contributed by atoms with Gasteiger partial charge in [-0.05, 0) is 42.0 Å². The van der Waals surface area contributed by atoms with Gasteiger partial charge in [-0.3, -0.25) is 9.36 Å². The molecule has 0 aliphatic carbocycles. The zero-order chi connectivity index (χ0) is 27.5. The molecule has 1 heterocycles. The van der Waals surface area contributed by atoms with E-state index < -0.39 is 54.7 Å². The fourth-order valence-corrected chi connectivity index (χ4v) is 3.35. The van der Waals surface area contributed by atoms with Crippen molar-refractivity contribution in [3.8, 4) is 17.5 Å². The van der Waals surface area contributed by atoms with Crippen LogP contribution >= 0.6 is 11.6 Å². The zero-order valence-electron chi connectivity index (χ0n) is 18.4. The maximum absolute atomic E-state index is 13.0. The average molecular weight is 548 g/mol. The molecule has 15 heteroatoms. The van der Waals surface area contributed by atoms with E-state index in [9.17, 15) is 46.3 Å². The smallest absolute Gasteiger partial charge is 0.382 e. The van der Waals surface area contributed by atoms with Gasteiger partial charge in [-0.1, -0.05) is 23.7 Å². The van der Waals surface area contributed by atoms with Gasteiger partial charge in [-0.25, -0.2) is 9.48 Å². The Bertz CT molecular complexity index is 1380. The van der Waals surface area contributed by atoms with Gasteiger partial charge >= 0.3 is 18.0 Å². The van der Waals surface area contributed by atoms with E-state index in [4.69, 9.17) is 11.6 Å². The Kier molecular flexibility index (Phi) is 7.99. The number of benzene rings is 2. The summed E-state index contributed by atoms with van der Waals surface area (Å²) in [4.78, 5) is 25.3. The molecule has 0 aliphatic rings. The van der Waals surface area contributed by atoms with Crippen molar-refractivity contribution in [2.75, 3.05) is 0 Å². The molecule has 3 aromatic rings. The lowest BCUT2D eigenvalue weighted by Gasteiger charge is -2.15. The van der Waals surface area contributed by atoms with E-state index in [1.165, 1.54) is 30.3 Å². The van der Waals surface area contributed by atoms with Crippen LogP contribution in [0.1, 0.15) is 17.2 Å². The van der Waals surface area contributed by atoms with E-state index in [1.807, 2.05) is 0 Å². The van der Waals surface area contributed by atoms with E-state index in [0.29, 0.717) is 15.3 Å². The first-order valence-corrected chi connectivity index (χ1v) is 10.6. The van der Waals surface area contributed by atoms with Crippen LogP contribution in [0.3, 0.4) is 0 Å². The number of aliphatic hydroxyl groups is 1. The van der Waals surface area contributed by atoms with Gasteiger partial charge in [-0.15, -0.1) is 5.10 Å². The van der Waals surface area contributed by atoms with E-state index in [0.717, 1.165) is 12.1 Å². The molecule has 0 spiro atoms. The molecule has 1 aromatic heterocycles. The first-order chi connectivity index (χ1) is 17.2. The van der Waals surface area contributed by atoms with Crippen molar-refractivity contribution in [1.82, 2.24) is 19.7 Å². The highest BCUT2D eigenvalue weighted by atomic mass is 35.5. The minimum absolute atomic E-state index is 0.147. The van der Waals surface area contributed by atoms with Gasteiger partial charge in [0.25, 0.3) is 0 Å². The number of aliphatic hydroxyl groups excluding tert-OH is 1. The Morgan fingerprint density at radius 3 is 2.35 bits per heavy atom. The van der Waals surface area contributed by atoms with E-state index >= 15 is 0 Å². The summed E-state index contributed by atoms with van der Waals surface area (Å²) in [7, 11) is 0. The summed E-state index contributed by atoms with van der Waals surface area (Å²) in [6.07, 6.45) is -12.7. The van der Waals surface area contributed by atoms with Crippen LogP contribution in [0.15, 0.2) is 53.3 Å². The number of amides is 1. The lowest BCUT2D eigenvalue weighted by molar-refractivity contribution is -0.207. The number of carbonyl (C=O) groups excluding carboxylic acids is 1. The summed E-state index contributed by atoms with van der Waals surface area (Å²) in [5, 5.41) is 25.2. The number of nitriles is 1. The average Bonchev–Trinajstić information content (AvgIpc) is 3.11. The van der Waals surface area contributed by atoms with Gasteiger partial charge < -0.3 is 10.4 Å². The molecule has 2 N–H and O–H groups in total. The van der Waals surface area contributed by atoms with Crippen molar-refractivity contribution in [3.05, 3.63) is 75.2 Å². The summed E-state index contributed by atoms with van der Waals surface area (Å²) in [5.74, 6) is -1.35. The fourth-order valence-electron chi connectivity index (χ4n) is 3.22. The van der Waals surface area contributed by atoms with E-state index in [-0.39, 0.29) is 22.0 Å². The third-order valence-electron chi connectivity index (χ3n) is 5.03. The second-order valence-electron chi connectivity index (χ2n) is 7.69. The lowest BCUT2D eigenvalue weighted by atomic mass is 10.0. The minimum Gasteiger partial charge on any atom is -0.382 e. The van der Waals surface area contributed by atoms with Crippen LogP contribution in [0.2, 0.25) is 5.02 Å². The molecule has 37 heavy (non-hydrogen) atoms. The number of nitrogens with zero attached hydrogens (tertiary/aromatic N) is 4. The number of aromatic nitrogens is 3. The maximum atomic E-state index is 13.0. The van der Waals surface area contributed by atoms with Crippen molar-refractivity contribution in [3.63, 3.8) is 0 Å². The third kappa shape index (κ3) is 6.69. The number of carbonyl (C=O) groups is 1. The molecule has 196 valence electrons. The molecule has 1 amide bonds. The number of halogens is 7. The second-order valence-corrected chi connectivity index (χ2v) is 8.13. The first-order valence-electron chi connectivity index (χ1n) is 10.2. The summed E-state index contributed by atoms with van der Waals surface area (Å²) in [5.41, 5.74) is -2.27. The molecule has 0 bridgehead atoms. The molecule has 0 saturated heterocycles. The van der Waals surface area contributed by atoms with Crippen molar-refractivity contribution >= 4 is 17.5 Å². The molecule has 2 atom stereocenters. The summed E-state index contributed by atoms with van der Waals surface area (Å²) >= 11 is 5.81. The van der Waals surface area contributed by atoms with E-state index in [1.54, 1.807) is 6.07 Å². The second kappa shape index (κ2) is 10.7. The predicted molar refractivity (Wildman–Crippen MR) is 117 cm³/mol. The lowest BCUT2D eigenvalue weighted by Crippen LogP contribution is -2.39. The van der Waals surface area contributed by atoms with Crippen LogP contribution in [0.5, 0.6) is 0 Å². The molecule has 0 unspecified atom stereocenters. The fraction of sp³-hybridized carbons (Fsp3) is 0.273. The monoisotopic (exact) mass is 547 g/mol. The maximum Gasteiger partial charge on any atom is 0.416 e. The number of nitrogens with one attached hydrogen (secondary N) is 1. The van der Waals surface area contributed by atoms with Crippen LogP contribution in [0, 0.1) is 11.3 Å². The van der Waals surface area contributed by atoms with Crippen LogP contribution in [0.4, 0.5) is 26.3 Å². The van der Waals surface area contributed by atoms with Crippen molar-refractivity contribution < 1.29 is 36.2 Å². The SMILES string of the molecule is N#C[C@H](NC(=O)Cn1nc(-c2ccc(Cl)cc2)n(C[C@H](O)C(F)(F)F)c1=O)c1cccc(C(F)(F)F)c1. The highest BCUT2D eigenvalue weighted by molar-refractivity contribution is 6.30. The number of hydrogen-bond acceptors (Lipinski definition) is 5. The largest absolute Gasteiger partial charge is 0.416 e. The summed E-state index contributed by atoms with van der Waals surface area (Å²) in [6.45, 7) is -2.11. The van der Waals surface area contributed by atoms with Crippen LogP contribution in [-0.4, -0.2) is 37.6 Å². The number of rotatable bonds is 7. The molecule has 0 radical (unpaired) electrons. The quantitative estimate of drug-likeness (QED) is 0.438. The molecule has 0 saturated carbocycles. The van der Waals surface area contributed by atoms with Crippen molar-refractivity contribution in [2.24, 2.45) is 0 Å². The Labute approximate surface area is 209 Å². The van der Waals surface area contributed by atoms with Gasteiger partial charge in [0, 0.05) is 10.6 Å². The molecular formula is C22H16ClF6N5O3. The Morgan fingerprint density at radius 2 is 1.78 bits per heavy atom. The first kappa shape index (κ1) is 27.8. The summed E-state index contributed by atoms with van der Waals surface area (Å²) < 4.78 is 78.8. The van der Waals surface area contributed by atoms with Gasteiger partial charge in [0.1, 0.15) is 12.6 Å². The molecule has 0 fully saturated rings. The minimum atomic E-state index is -5.05. The highest BCUT2D eigenvalue weighted by Crippen LogP contribution is 2.30. The highest BCUT2D eigenvalue weighted by Gasteiger charge is 2.39. The van der Waals surface area contributed by atoms with Gasteiger partial charge in [0.05, 0.1) is 18.2 Å². The van der Waals surface area contributed by atoms with Gasteiger partial charge in [-0.2, -0.15) is 31.6 Å². The van der Waals surface area contributed by atoms with E-state index in [2.05, 4.69) is 10.4 Å². The summed E-state index contributed by atoms with van der Waals surface area (Å²) in [6, 6.07) is 9.24. The van der Waals surface area contributed by atoms with Crippen molar-refractivity contribution in [1.29, 1.82) is 5.26 Å². The third-order valence-corrected chi connectivity index (χ3v) is 5.29. The molecule has 8 nitrogen and oxygen atoms in total. The standard InChI is InChI=1S/C22H16ClF6N5O3/c23-15-6-4-12(5-7-15)19-32-34(20(37)33(19)10-17(35)22(27,28)29)11-18(36)31-16(9-30)13-2-1-3-14(8-13)21(24,25)26/h1-8,16-17,35H,10-11H2,(H,31,36)/t16-,17-/m0/s1. The Balaban J connectivity index is 1.90. The molecule has 2 aromatic carbocycles. The predicted octanol–water partition coefficient (Wildman–Crippen LogP) is 3.69. The number of alkyl halides is 6. The Morgan fingerprint density at radius 1 is 1.14 bits per heavy atom. The van der Waals surface area contributed by atoms with Crippen LogP contribution < -0.4 is 11.0 Å². The topological polar surface area (TPSA) is 113 Å².